The zero-order valence-electron chi connectivity index (χ0n) is 58.4. The number of imidazole rings is 2. The quantitative estimate of drug-likeness (QED) is 0.0307. The number of aryl methyl sites for hydroxylation is 4. The molecule has 2 heterocycles. The Morgan fingerprint density at radius 2 is 0.630 bits per heavy atom. The van der Waals surface area contributed by atoms with E-state index in [2.05, 4.69) is 261 Å². The molecule has 0 aliphatic carbocycles. The van der Waals surface area contributed by atoms with Crippen molar-refractivity contribution >= 4 is 204 Å². The van der Waals surface area contributed by atoms with E-state index in [9.17, 15) is 0 Å². The zero-order valence-corrected chi connectivity index (χ0v) is 74.0. The molecule has 0 aliphatic rings. The molecular weight excluding hydrogens is 1760 g/mol. The van der Waals surface area contributed by atoms with Gasteiger partial charge in [0.1, 0.15) is 0 Å². The molecule has 2 aromatic heterocycles. The minimum atomic E-state index is -0.750. The monoisotopic (exact) mass is 1850 g/mol. The molecule has 10 aromatic carbocycles. The van der Waals surface area contributed by atoms with Crippen molar-refractivity contribution in [1.82, 2.24) is 9.13 Å². The van der Waals surface area contributed by atoms with Crippen LogP contribution >= 0.6 is 139 Å². The number of halogens is 16. The second-order valence-corrected chi connectivity index (χ2v) is 30.4. The van der Waals surface area contributed by atoms with Gasteiger partial charge in [-0.1, -0.05) is 395 Å². The van der Waals surface area contributed by atoms with Gasteiger partial charge < -0.3 is 82.2 Å². The van der Waals surface area contributed by atoms with Crippen molar-refractivity contribution in [2.75, 3.05) is 0 Å². The van der Waals surface area contributed by atoms with Crippen molar-refractivity contribution in [3.05, 3.63) is 243 Å². The van der Waals surface area contributed by atoms with Crippen molar-refractivity contribution in [2.24, 2.45) is 14.1 Å². The number of benzene rings is 10. The van der Waals surface area contributed by atoms with E-state index in [1.54, 1.807) is 0 Å². The maximum Gasteiger partial charge on any atom is 3.00 e. The van der Waals surface area contributed by atoms with E-state index in [1.165, 1.54) is 137 Å². The fraction of sp³-hybridized carbons (Fsp3) is 0.333. The van der Waals surface area contributed by atoms with E-state index in [1.807, 2.05) is 35.6 Å². The predicted octanol–water partition coefficient (Wildman–Crippen LogP) is 15.4. The van der Waals surface area contributed by atoms with Crippen molar-refractivity contribution in [1.29, 1.82) is 0 Å². The molecule has 0 saturated heterocycles. The van der Waals surface area contributed by atoms with E-state index < -0.39 is 17.2 Å². The van der Waals surface area contributed by atoms with Gasteiger partial charge in [0.2, 0.25) is 12.7 Å². The number of aromatic nitrogens is 4. The number of hydrogen-bond acceptors (Lipinski definition) is 0. The van der Waals surface area contributed by atoms with Gasteiger partial charge in [-0.2, -0.15) is 6.42 Å². The summed E-state index contributed by atoms with van der Waals surface area (Å²) in [6.07, 6.45) is 23.9. The number of unbranched alkanes of at least 4 members (excludes halogenated alkanes) is 5. The summed E-state index contributed by atoms with van der Waals surface area (Å²) in [5.74, 6) is 1.31. The van der Waals surface area contributed by atoms with Gasteiger partial charge in [-0.25, -0.2) is 0 Å². The number of alkyl halides is 12. The average molecular weight is 1860 g/mol. The molecule has 2 radical (unpaired) electrons. The summed E-state index contributed by atoms with van der Waals surface area (Å²) in [7, 11) is 4.00. The van der Waals surface area contributed by atoms with E-state index in [0.717, 1.165) is 19.5 Å². The van der Waals surface area contributed by atoms with Gasteiger partial charge in [-0.05, 0) is 137 Å². The number of rotatable bonds is 11. The summed E-state index contributed by atoms with van der Waals surface area (Å²) >= 11 is 57.7. The van der Waals surface area contributed by atoms with Crippen LogP contribution in [0.15, 0.2) is 183 Å². The molecule has 0 amide bonds. The van der Waals surface area contributed by atoms with E-state index in [0.29, 0.717) is 11.8 Å². The SMILES string of the molecule is CCCCCC.C[n+]1[c-]n(Cc2ccc3ccc4cccc5ccc2c3c45)cc1.C[n+]1[c-]n(Cc2ccc3ccc4cccc5ccc2c3c45)cc1.Cc1ccc(C(C)C)cc1.Cc1ccc(C(C)C)cc1.ClC(Cl)Cl.ClC(Cl)Cl.ClC(Cl)Cl.ClC(Cl)Cl.[CH2-]CCCC.[CH3-].[Cl-].[Cl-].[Cl-].[Cl-].[Ru+3].[Ru+3]. The summed E-state index contributed by atoms with van der Waals surface area (Å²) in [6.45, 7) is 25.1. The molecule has 0 aliphatic heterocycles. The predicted molar refractivity (Wildman–Crippen MR) is 424 cm³/mol. The molecule has 12 rings (SSSR count). The van der Waals surface area contributed by atoms with Crippen LogP contribution in [0.3, 0.4) is 0 Å². The Bertz CT molecular complexity index is 3630. The van der Waals surface area contributed by atoms with Crippen LogP contribution in [0.25, 0.3) is 64.6 Å². The Kier molecular flexibility index (Phi) is 63.9. The normalized spacial score (nSPS) is 9.94. The molecule has 22 heteroatoms. The molecule has 0 N–H and O–H groups in total. The molecule has 0 fully saturated rings. The fourth-order valence-electron chi connectivity index (χ4n) is 9.96. The number of nitrogens with zero attached hydrogens (tertiary/aromatic N) is 4. The van der Waals surface area contributed by atoms with Crippen LogP contribution in [0, 0.1) is 40.9 Å². The Hall–Kier alpha value is -1.41. The first-order valence-corrected chi connectivity index (χ1v) is 36.3. The summed E-state index contributed by atoms with van der Waals surface area (Å²) in [6, 6.07) is 57.4. The summed E-state index contributed by atoms with van der Waals surface area (Å²) < 4.78 is 5.12. The van der Waals surface area contributed by atoms with Crippen molar-refractivity contribution in [3.8, 4) is 0 Å². The van der Waals surface area contributed by atoms with Gasteiger partial charge in [-0.3, -0.25) is 0 Å². The van der Waals surface area contributed by atoms with Crippen LogP contribution < -0.4 is 58.8 Å². The van der Waals surface area contributed by atoms with Crippen LogP contribution in [-0.2, 0) is 66.1 Å². The van der Waals surface area contributed by atoms with E-state index in [-0.39, 0.29) is 96.0 Å². The van der Waals surface area contributed by atoms with Gasteiger partial charge in [0.15, 0.2) is 17.2 Å². The molecule has 100 heavy (non-hydrogen) atoms. The maximum atomic E-state index is 4.81. The van der Waals surface area contributed by atoms with E-state index >= 15 is 0 Å². The molecule has 0 bridgehead atoms. The summed E-state index contributed by atoms with van der Waals surface area (Å²) in [5, 5.41) is 16.1. The van der Waals surface area contributed by atoms with Gasteiger partial charge in [-0.15, -0.1) is 0 Å². The van der Waals surface area contributed by atoms with Crippen molar-refractivity contribution in [3.63, 3.8) is 0 Å². The number of hydrogen-bond donors (Lipinski definition) is 0. The molecule has 552 valence electrons. The second kappa shape index (κ2) is 59.6. The maximum absolute atomic E-state index is 4.81. The van der Waals surface area contributed by atoms with Crippen LogP contribution in [0.2, 0.25) is 0 Å². The van der Waals surface area contributed by atoms with Crippen molar-refractivity contribution < 1.29 is 97.7 Å². The summed E-state index contributed by atoms with van der Waals surface area (Å²) in [4.78, 5) is 0. The first-order chi connectivity index (χ1) is 44.2. The molecule has 0 unspecified atom stereocenters. The third-order valence-corrected chi connectivity index (χ3v) is 14.5. The smallest absolute Gasteiger partial charge is 1.00 e. The van der Waals surface area contributed by atoms with Crippen LogP contribution in [0.5, 0.6) is 0 Å². The van der Waals surface area contributed by atoms with Gasteiger partial charge in [0, 0.05) is 0 Å². The molecule has 0 spiro atoms. The van der Waals surface area contributed by atoms with Gasteiger partial charge >= 0.3 is 39.0 Å². The Morgan fingerprint density at radius 3 is 0.850 bits per heavy atom. The minimum absolute atomic E-state index is 0. The van der Waals surface area contributed by atoms with Crippen molar-refractivity contribution in [2.45, 2.75) is 149 Å². The molecule has 0 saturated carbocycles. The Morgan fingerprint density at radius 1 is 0.380 bits per heavy atom. The topological polar surface area (TPSA) is 17.6 Å². The zero-order chi connectivity index (χ0) is 69.2. The van der Waals surface area contributed by atoms with E-state index in [4.69, 9.17) is 139 Å². The largest absolute Gasteiger partial charge is 3.00 e. The van der Waals surface area contributed by atoms with Gasteiger partial charge in [0.05, 0.1) is 27.2 Å². The Labute approximate surface area is 709 Å². The first-order valence-electron chi connectivity index (χ1n) is 31.0. The third-order valence-electron chi connectivity index (χ3n) is 14.5. The Balaban J connectivity index is -0.000000362. The van der Waals surface area contributed by atoms with Crippen LogP contribution in [0.4, 0.5) is 0 Å². The standard InChI is InChI=1S/2C21H16N2.2C10H14.C6H14.C5H11.4CHCl3.CH3.4ClH.2Ru/c2*1-22-11-12-23(14-22)13-18-8-7-17-6-5-15-3-2-4-16-9-10-19(18)21(17)20(15)16;2*1-8(2)10-6-4-9(3)5-7-10;1-3-5-6-4-2;1-3-5-4-2;4*2-1(3)4;;;;;;;/h2*2-12H,13H2,1H3;2*4-8H,1-3H3;3-6H2,1-2H3;1,3-5H2,2H3;4*1H;1H3;4*1H;;/q;;;;;-1;;;;;-1;;;;;2*+3/p-4. The first kappa shape index (κ1) is 107. The third kappa shape index (κ3) is 40.5. The summed E-state index contributed by atoms with van der Waals surface area (Å²) in [5.41, 5.74) is 8.19. The van der Waals surface area contributed by atoms with Gasteiger partial charge in [0.25, 0.3) is 0 Å². The minimum Gasteiger partial charge on any atom is -1.00 e. The second-order valence-electron chi connectivity index (χ2n) is 22.5. The molecular formula is C78H92Cl16N4Ru2. The molecule has 12 aromatic rings. The van der Waals surface area contributed by atoms with Crippen LogP contribution in [-0.4, -0.2) is 26.3 Å². The molecule has 0 atom stereocenters. The average Bonchev–Trinajstić information content (AvgIpc) is 0.754. The van der Waals surface area contributed by atoms with Crippen LogP contribution in [0.1, 0.15) is 139 Å². The molecule has 4 nitrogen and oxygen atoms in total. The fourth-order valence-corrected chi connectivity index (χ4v) is 9.96.